The molecular weight excluding hydrogens is 372 g/mol. The van der Waals surface area contributed by atoms with Crippen molar-refractivity contribution < 1.29 is 0 Å². The summed E-state index contributed by atoms with van der Waals surface area (Å²) in [6.07, 6.45) is 8.37. The molecule has 31 heavy (non-hydrogen) atoms. The number of hydrogen-bond acceptors (Lipinski definition) is 0. The molecule has 162 valence electrons. The van der Waals surface area contributed by atoms with Gasteiger partial charge in [0.1, 0.15) is 0 Å². The van der Waals surface area contributed by atoms with E-state index in [4.69, 9.17) is 0 Å². The van der Waals surface area contributed by atoms with Gasteiger partial charge in [-0.3, -0.25) is 0 Å². The highest BCUT2D eigenvalue weighted by molar-refractivity contribution is 5.28. The molecule has 1 saturated carbocycles. The van der Waals surface area contributed by atoms with Gasteiger partial charge in [-0.25, -0.2) is 0 Å². The molecule has 0 heterocycles. The molecule has 0 nitrogen and oxygen atoms in total. The molecule has 0 aliphatic heterocycles. The van der Waals surface area contributed by atoms with Crippen LogP contribution in [-0.4, -0.2) is 0 Å². The predicted molar refractivity (Wildman–Crippen MR) is 136 cm³/mol. The van der Waals surface area contributed by atoms with Crippen LogP contribution in [0.15, 0.2) is 84.9 Å². The number of rotatable bonds is 8. The molecular formula is C31H38. The van der Waals surface area contributed by atoms with E-state index in [1.165, 1.54) is 46.2 Å². The lowest BCUT2D eigenvalue weighted by atomic mass is 9.99. The highest BCUT2D eigenvalue weighted by Crippen LogP contribution is 2.39. The van der Waals surface area contributed by atoms with Crippen molar-refractivity contribution >= 4 is 0 Å². The Morgan fingerprint density at radius 2 is 1.10 bits per heavy atom. The van der Waals surface area contributed by atoms with Crippen LogP contribution in [0.3, 0.4) is 0 Å². The minimum atomic E-state index is 0.904. The molecule has 4 rings (SSSR count). The molecule has 1 aliphatic rings. The minimum absolute atomic E-state index is 0.904. The van der Waals surface area contributed by atoms with Gasteiger partial charge < -0.3 is 0 Å². The molecule has 0 atom stereocenters. The van der Waals surface area contributed by atoms with Gasteiger partial charge in [0.15, 0.2) is 0 Å². The quantitative estimate of drug-likeness (QED) is 0.326. The van der Waals surface area contributed by atoms with Gasteiger partial charge in [0.2, 0.25) is 0 Å². The monoisotopic (exact) mass is 410 g/mol. The lowest BCUT2D eigenvalue weighted by Crippen LogP contribution is -1.92. The fourth-order valence-corrected chi connectivity index (χ4v) is 3.72. The van der Waals surface area contributed by atoms with E-state index in [0.29, 0.717) is 0 Å². The summed E-state index contributed by atoms with van der Waals surface area (Å²) < 4.78 is 0. The van der Waals surface area contributed by atoms with E-state index < -0.39 is 0 Å². The van der Waals surface area contributed by atoms with Crippen molar-refractivity contribution in [1.29, 1.82) is 0 Å². The van der Waals surface area contributed by atoms with E-state index in [9.17, 15) is 0 Å². The second-order valence-electron chi connectivity index (χ2n) is 9.09. The summed E-state index contributed by atoms with van der Waals surface area (Å²) in [5.74, 6) is 0.904. The second-order valence-corrected chi connectivity index (χ2v) is 9.09. The molecule has 0 aromatic heterocycles. The summed E-state index contributed by atoms with van der Waals surface area (Å²) in [5.41, 5.74) is 9.82. The normalized spacial score (nSPS) is 12.7. The third-order valence-electron chi connectivity index (χ3n) is 6.21. The van der Waals surface area contributed by atoms with Gasteiger partial charge in [0, 0.05) is 0 Å². The average Bonchev–Trinajstić information content (AvgIpc) is 3.64. The highest BCUT2D eigenvalue weighted by Gasteiger charge is 2.22. The SMILES string of the molecule is C=C(CCc1ccc(C)cc1)CCc1ccc(C)cc1.CCc1ccc(C2CC2)cc1. The van der Waals surface area contributed by atoms with Gasteiger partial charge in [-0.05, 0) is 87.0 Å². The van der Waals surface area contributed by atoms with E-state index in [2.05, 4.69) is 100 Å². The van der Waals surface area contributed by atoms with Gasteiger partial charge >= 0.3 is 0 Å². The van der Waals surface area contributed by atoms with Crippen molar-refractivity contribution in [2.45, 2.75) is 71.6 Å². The first-order valence-electron chi connectivity index (χ1n) is 11.9. The Morgan fingerprint density at radius 1 is 0.677 bits per heavy atom. The molecule has 3 aromatic rings. The van der Waals surface area contributed by atoms with Crippen LogP contribution in [0.5, 0.6) is 0 Å². The van der Waals surface area contributed by atoms with E-state index in [0.717, 1.165) is 38.0 Å². The number of hydrogen-bond donors (Lipinski definition) is 0. The van der Waals surface area contributed by atoms with E-state index >= 15 is 0 Å². The summed E-state index contributed by atoms with van der Waals surface area (Å²) in [4.78, 5) is 0. The molecule has 0 bridgehead atoms. The molecule has 0 N–H and O–H groups in total. The van der Waals surface area contributed by atoms with Crippen LogP contribution in [0.4, 0.5) is 0 Å². The van der Waals surface area contributed by atoms with Crippen LogP contribution in [0.25, 0.3) is 0 Å². The summed E-state index contributed by atoms with van der Waals surface area (Å²) in [7, 11) is 0. The summed E-state index contributed by atoms with van der Waals surface area (Å²) >= 11 is 0. The van der Waals surface area contributed by atoms with E-state index in [1.54, 1.807) is 5.56 Å². The summed E-state index contributed by atoms with van der Waals surface area (Å²) in [5, 5.41) is 0. The predicted octanol–water partition coefficient (Wildman–Crippen LogP) is 8.55. The maximum Gasteiger partial charge on any atom is -0.0162 e. The van der Waals surface area contributed by atoms with Crippen molar-refractivity contribution in [3.63, 3.8) is 0 Å². The van der Waals surface area contributed by atoms with Crippen LogP contribution in [0.2, 0.25) is 0 Å². The first-order chi connectivity index (χ1) is 15.0. The molecule has 0 unspecified atom stereocenters. The molecule has 0 saturated heterocycles. The zero-order valence-corrected chi connectivity index (χ0v) is 19.7. The maximum absolute atomic E-state index is 4.22. The molecule has 1 fully saturated rings. The molecule has 0 amide bonds. The van der Waals surface area contributed by atoms with Gasteiger partial charge in [-0.2, -0.15) is 0 Å². The van der Waals surface area contributed by atoms with Gasteiger partial charge in [0.25, 0.3) is 0 Å². The third-order valence-corrected chi connectivity index (χ3v) is 6.21. The van der Waals surface area contributed by atoms with Crippen molar-refractivity contribution in [2.24, 2.45) is 0 Å². The largest absolute Gasteiger partial charge is 0.0998 e. The molecule has 0 radical (unpaired) electrons. The molecule has 0 spiro atoms. The first-order valence-corrected chi connectivity index (χ1v) is 11.9. The average molecular weight is 411 g/mol. The lowest BCUT2D eigenvalue weighted by Gasteiger charge is -2.07. The highest BCUT2D eigenvalue weighted by atomic mass is 14.3. The van der Waals surface area contributed by atoms with Gasteiger partial charge in [0.05, 0.1) is 0 Å². The topological polar surface area (TPSA) is 0 Å². The smallest absolute Gasteiger partial charge is 0.0162 e. The second kappa shape index (κ2) is 11.7. The summed E-state index contributed by atoms with van der Waals surface area (Å²) in [6.45, 7) is 10.7. The Balaban J connectivity index is 0.000000207. The fraction of sp³-hybridized carbons (Fsp3) is 0.355. The van der Waals surface area contributed by atoms with Crippen molar-refractivity contribution in [3.8, 4) is 0 Å². The van der Waals surface area contributed by atoms with Crippen LogP contribution in [-0.2, 0) is 19.3 Å². The Morgan fingerprint density at radius 3 is 1.48 bits per heavy atom. The zero-order chi connectivity index (χ0) is 22.1. The van der Waals surface area contributed by atoms with Crippen LogP contribution in [0.1, 0.15) is 71.9 Å². The summed E-state index contributed by atoms with van der Waals surface area (Å²) in [6, 6.07) is 26.7. The van der Waals surface area contributed by atoms with Crippen molar-refractivity contribution in [1.82, 2.24) is 0 Å². The molecule has 3 aromatic carbocycles. The van der Waals surface area contributed by atoms with E-state index in [1.807, 2.05) is 0 Å². The molecule has 1 aliphatic carbocycles. The Bertz CT molecular complexity index is 871. The number of allylic oxidation sites excluding steroid dienone is 1. The number of aryl methyl sites for hydroxylation is 5. The van der Waals surface area contributed by atoms with Crippen molar-refractivity contribution in [2.75, 3.05) is 0 Å². The molecule has 0 heteroatoms. The van der Waals surface area contributed by atoms with Gasteiger partial charge in [-0.1, -0.05) is 103 Å². The fourth-order valence-electron chi connectivity index (χ4n) is 3.72. The number of benzene rings is 3. The zero-order valence-electron chi connectivity index (χ0n) is 19.7. The van der Waals surface area contributed by atoms with Crippen molar-refractivity contribution in [3.05, 3.63) is 118 Å². The Hall–Kier alpha value is -2.60. The van der Waals surface area contributed by atoms with Gasteiger partial charge in [-0.15, -0.1) is 0 Å². The van der Waals surface area contributed by atoms with Crippen LogP contribution in [0, 0.1) is 13.8 Å². The van der Waals surface area contributed by atoms with Crippen LogP contribution >= 0.6 is 0 Å². The Kier molecular flexibility index (Phi) is 8.71. The standard InChI is InChI=1S/C20H24.C11H14/c1-16-4-10-19(11-5-16)14-8-18(3)9-15-20-12-6-17(2)7-13-20;1-2-9-3-5-10(6-4-9)11-7-8-11/h4-7,10-13H,3,8-9,14-15H2,1-2H3;3-6,11H,2,7-8H2,1H3. The maximum atomic E-state index is 4.22. The lowest BCUT2D eigenvalue weighted by molar-refractivity contribution is 0.839. The van der Waals surface area contributed by atoms with Crippen LogP contribution < -0.4 is 0 Å². The Labute approximate surface area is 190 Å². The minimum Gasteiger partial charge on any atom is -0.0998 e. The third kappa shape index (κ3) is 8.21. The first kappa shape index (κ1) is 23.1. The van der Waals surface area contributed by atoms with E-state index in [-0.39, 0.29) is 0 Å².